The first kappa shape index (κ1) is 15.5. The summed E-state index contributed by atoms with van der Waals surface area (Å²) >= 11 is 0. The summed E-state index contributed by atoms with van der Waals surface area (Å²) in [6, 6.07) is 0. The zero-order valence-electron chi connectivity index (χ0n) is 11.6. The Morgan fingerprint density at radius 1 is 1.35 bits per heavy atom. The molecule has 0 spiro atoms. The van der Waals surface area contributed by atoms with Gasteiger partial charge in [-0.15, -0.1) is 0 Å². The lowest BCUT2D eigenvalue weighted by Crippen LogP contribution is -2.49. The predicted octanol–water partition coefficient (Wildman–Crippen LogP) is -3.62. The number of amides is 1. The third-order valence-corrected chi connectivity index (χ3v) is 3.66. The van der Waals surface area contributed by atoms with Gasteiger partial charge in [0.05, 0.1) is 6.33 Å². The fourth-order valence-corrected chi connectivity index (χ4v) is 2.47. The van der Waals surface area contributed by atoms with E-state index in [0.717, 1.165) is 0 Å². The standard InChI is InChI=1S/C11H15N7O5/c12-8-3-9(15-1-14-8)18(2-16-3)11-5(20)4(19)7(23-11)6(21)10(22)17-13/h1-2,4-7,11,19-21H,13H2,(H,17,22)(H2,12,14,15)/t4-,5+,6?,7-,11+/m0/s1. The Morgan fingerprint density at radius 3 is 2.78 bits per heavy atom. The van der Waals surface area contributed by atoms with Gasteiger partial charge in [0.2, 0.25) is 0 Å². The van der Waals surface area contributed by atoms with Crippen LogP contribution in [0.4, 0.5) is 5.82 Å². The number of nitrogens with two attached hydrogens (primary N) is 2. The van der Waals surface area contributed by atoms with E-state index in [2.05, 4.69) is 15.0 Å². The molecule has 3 heterocycles. The number of imidazole rings is 1. The topological polar surface area (TPSA) is 195 Å². The molecule has 12 nitrogen and oxygen atoms in total. The zero-order valence-corrected chi connectivity index (χ0v) is 11.6. The number of nitrogen functional groups attached to an aromatic ring is 1. The summed E-state index contributed by atoms with van der Waals surface area (Å²) in [5, 5.41) is 30.0. The van der Waals surface area contributed by atoms with Crippen LogP contribution in [0.2, 0.25) is 0 Å². The van der Waals surface area contributed by atoms with Crippen LogP contribution in [0, 0.1) is 0 Å². The maximum absolute atomic E-state index is 11.4. The number of nitrogens with zero attached hydrogens (tertiary/aromatic N) is 4. The molecule has 0 aromatic carbocycles. The molecule has 124 valence electrons. The van der Waals surface area contributed by atoms with Gasteiger partial charge in [0.15, 0.2) is 23.8 Å². The maximum atomic E-state index is 11.4. The van der Waals surface area contributed by atoms with Gasteiger partial charge >= 0.3 is 0 Å². The number of carbonyl (C=O) groups excluding carboxylic acids is 1. The largest absolute Gasteiger partial charge is 0.387 e. The van der Waals surface area contributed by atoms with E-state index in [1.807, 2.05) is 0 Å². The number of carbonyl (C=O) groups is 1. The van der Waals surface area contributed by atoms with Crippen molar-refractivity contribution >= 4 is 22.9 Å². The lowest BCUT2D eigenvalue weighted by Gasteiger charge is -2.19. The first-order valence-electron chi connectivity index (χ1n) is 6.58. The van der Waals surface area contributed by atoms with Crippen LogP contribution < -0.4 is 17.0 Å². The first-order chi connectivity index (χ1) is 11.0. The predicted molar refractivity (Wildman–Crippen MR) is 74.0 cm³/mol. The van der Waals surface area contributed by atoms with Crippen molar-refractivity contribution < 1.29 is 24.9 Å². The van der Waals surface area contributed by atoms with Gasteiger partial charge in [-0.1, -0.05) is 0 Å². The fourth-order valence-electron chi connectivity index (χ4n) is 2.47. The quantitative estimate of drug-likeness (QED) is 0.186. The van der Waals surface area contributed by atoms with Gasteiger partial charge < -0.3 is 25.8 Å². The summed E-state index contributed by atoms with van der Waals surface area (Å²) in [7, 11) is 0. The van der Waals surface area contributed by atoms with Crippen molar-refractivity contribution in [2.24, 2.45) is 5.84 Å². The maximum Gasteiger partial charge on any atom is 0.265 e. The summed E-state index contributed by atoms with van der Waals surface area (Å²) in [6.07, 6.45) is -4.72. The third-order valence-electron chi connectivity index (χ3n) is 3.66. The van der Waals surface area contributed by atoms with Gasteiger partial charge in [-0.25, -0.2) is 20.8 Å². The van der Waals surface area contributed by atoms with Gasteiger partial charge in [-0.3, -0.25) is 14.8 Å². The van der Waals surface area contributed by atoms with E-state index < -0.39 is 36.6 Å². The van der Waals surface area contributed by atoms with Gasteiger partial charge in [0.25, 0.3) is 5.91 Å². The highest BCUT2D eigenvalue weighted by atomic mass is 16.6. The molecule has 5 atom stereocenters. The molecule has 3 rings (SSSR count). The van der Waals surface area contributed by atoms with Crippen LogP contribution in [0.25, 0.3) is 11.2 Å². The highest BCUT2D eigenvalue weighted by Crippen LogP contribution is 2.33. The van der Waals surface area contributed by atoms with Crippen molar-refractivity contribution in [1.82, 2.24) is 24.9 Å². The summed E-state index contributed by atoms with van der Waals surface area (Å²) < 4.78 is 6.75. The van der Waals surface area contributed by atoms with Crippen molar-refractivity contribution in [1.29, 1.82) is 0 Å². The lowest BCUT2D eigenvalue weighted by atomic mass is 10.1. The second kappa shape index (κ2) is 5.68. The fraction of sp³-hybridized carbons (Fsp3) is 0.455. The number of ether oxygens (including phenoxy) is 1. The number of aliphatic hydroxyl groups is 3. The molecule has 1 aliphatic rings. The Bertz CT molecular complexity index is 737. The third kappa shape index (κ3) is 2.38. The van der Waals surface area contributed by atoms with E-state index >= 15 is 0 Å². The van der Waals surface area contributed by atoms with Crippen molar-refractivity contribution in [3.05, 3.63) is 12.7 Å². The van der Waals surface area contributed by atoms with Crippen LogP contribution >= 0.6 is 0 Å². The Balaban J connectivity index is 1.94. The zero-order chi connectivity index (χ0) is 16.7. The molecule has 0 bridgehead atoms. The molecular formula is C11H15N7O5. The minimum Gasteiger partial charge on any atom is -0.387 e. The first-order valence-corrected chi connectivity index (χ1v) is 6.58. The summed E-state index contributed by atoms with van der Waals surface area (Å²) in [5.74, 6) is 4.12. The molecule has 0 aliphatic carbocycles. The number of anilines is 1. The second-order valence-electron chi connectivity index (χ2n) is 5.01. The van der Waals surface area contributed by atoms with Gasteiger partial charge in [0.1, 0.15) is 30.2 Å². The summed E-state index contributed by atoms with van der Waals surface area (Å²) in [5.41, 5.74) is 7.99. The summed E-state index contributed by atoms with van der Waals surface area (Å²) in [4.78, 5) is 23.2. The van der Waals surface area contributed by atoms with E-state index in [-0.39, 0.29) is 11.5 Å². The minimum atomic E-state index is -1.76. The van der Waals surface area contributed by atoms with E-state index in [4.69, 9.17) is 16.3 Å². The molecule has 1 saturated heterocycles. The van der Waals surface area contributed by atoms with Crippen molar-refractivity contribution in [3.8, 4) is 0 Å². The molecule has 1 amide bonds. The van der Waals surface area contributed by atoms with Gasteiger partial charge in [-0.05, 0) is 0 Å². The van der Waals surface area contributed by atoms with Gasteiger partial charge in [0, 0.05) is 0 Å². The van der Waals surface area contributed by atoms with Crippen LogP contribution in [0.5, 0.6) is 0 Å². The molecule has 23 heavy (non-hydrogen) atoms. The second-order valence-corrected chi connectivity index (χ2v) is 5.01. The highest BCUT2D eigenvalue weighted by molar-refractivity contribution is 5.81. The average Bonchev–Trinajstić information content (AvgIpc) is 3.09. The normalized spacial score (nSPS) is 28.9. The van der Waals surface area contributed by atoms with Crippen LogP contribution in [0.15, 0.2) is 12.7 Å². The van der Waals surface area contributed by atoms with Crippen LogP contribution in [0.3, 0.4) is 0 Å². The van der Waals surface area contributed by atoms with E-state index in [9.17, 15) is 20.1 Å². The number of rotatable bonds is 3. The number of aromatic nitrogens is 4. The summed E-state index contributed by atoms with van der Waals surface area (Å²) in [6.45, 7) is 0. The Kier molecular flexibility index (Phi) is 3.83. The Morgan fingerprint density at radius 2 is 2.09 bits per heavy atom. The smallest absolute Gasteiger partial charge is 0.265 e. The molecular weight excluding hydrogens is 310 g/mol. The SMILES string of the molecule is NNC(=O)C(O)[C@H]1O[C@@H](n2cnc3c(N)ncnc32)[C@H](O)[C@@H]1O. The molecule has 1 unspecified atom stereocenters. The minimum absolute atomic E-state index is 0.140. The molecule has 1 fully saturated rings. The number of fused-ring (bicyclic) bond motifs is 1. The molecule has 2 aromatic heterocycles. The molecule has 8 N–H and O–H groups in total. The molecule has 2 aromatic rings. The number of hydrogen-bond acceptors (Lipinski definition) is 10. The Hall–Kier alpha value is -2.38. The van der Waals surface area contributed by atoms with Crippen molar-refractivity contribution in [2.75, 3.05) is 5.73 Å². The van der Waals surface area contributed by atoms with E-state index in [1.54, 1.807) is 5.43 Å². The number of hydrazine groups is 1. The van der Waals surface area contributed by atoms with Gasteiger partial charge in [-0.2, -0.15) is 0 Å². The van der Waals surface area contributed by atoms with Crippen LogP contribution in [0.1, 0.15) is 6.23 Å². The van der Waals surface area contributed by atoms with Crippen molar-refractivity contribution in [3.63, 3.8) is 0 Å². The van der Waals surface area contributed by atoms with Crippen LogP contribution in [-0.4, -0.2) is 65.2 Å². The average molecular weight is 325 g/mol. The number of nitrogens with one attached hydrogen (secondary N) is 1. The highest BCUT2D eigenvalue weighted by Gasteiger charge is 2.49. The molecule has 12 heteroatoms. The molecule has 0 radical (unpaired) electrons. The number of hydrogen-bond donors (Lipinski definition) is 6. The number of aliphatic hydroxyl groups excluding tert-OH is 3. The van der Waals surface area contributed by atoms with E-state index in [0.29, 0.717) is 5.52 Å². The van der Waals surface area contributed by atoms with Crippen LogP contribution in [-0.2, 0) is 9.53 Å². The monoisotopic (exact) mass is 325 g/mol. The lowest BCUT2D eigenvalue weighted by molar-refractivity contribution is -0.143. The molecule has 0 saturated carbocycles. The Labute approximate surface area is 128 Å². The van der Waals surface area contributed by atoms with Crippen molar-refractivity contribution in [2.45, 2.75) is 30.6 Å². The van der Waals surface area contributed by atoms with E-state index in [1.165, 1.54) is 17.2 Å². The molecule has 1 aliphatic heterocycles.